The van der Waals surface area contributed by atoms with Crippen LogP contribution >= 0.6 is 11.6 Å². The van der Waals surface area contributed by atoms with Crippen LogP contribution in [0.15, 0.2) is 47.6 Å². The van der Waals surface area contributed by atoms with E-state index in [0.29, 0.717) is 47.9 Å². The first-order chi connectivity index (χ1) is 14.8. The van der Waals surface area contributed by atoms with Gasteiger partial charge in [-0.3, -0.25) is 0 Å². The van der Waals surface area contributed by atoms with E-state index in [0.717, 1.165) is 27.2 Å². The van der Waals surface area contributed by atoms with Gasteiger partial charge in [-0.25, -0.2) is 13.4 Å². The van der Waals surface area contributed by atoms with Gasteiger partial charge in [-0.1, -0.05) is 41.4 Å². The zero-order chi connectivity index (χ0) is 21.8. The molecule has 0 fully saturated rings. The molecule has 0 radical (unpaired) electrons. The van der Waals surface area contributed by atoms with Crippen molar-refractivity contribution < 1.29 is 17.9 Å². The van der Waals surface area contributed by atoms with E-state index in [4.69, 9.17) is 21.1 Å². The largest absolute Gasteiger partial charge is 0.486 e. The van der Waals surface area contributed by atoms with Gasteiger partial charge in [0.05, 0.1) is 23.5 Å². The zero-order valence-corrected chi connectivity index (χ0v) is 18.6. The lowest BCUT2D eigenvalue weighted by Crippen LogP contribution is -2.26. The van der Waals surface area contributed by atoms with Crippen molar-refractivity contribution in [3.8, 4) is 11.5 Å². The highest BCUT2D eigenvalue weighted by atomic mass is 35.5. The SMILES string of the molecule is Cc1ccc(C2=NN(S(C)(=O)=O)[C@H](c3cc4cc5c(cc4nc3Cl)OCCO5)C2)cc1. The number of hydrazone groups is 1. The third-order valence-electron chi connectivity index (χ3n) is 5.42. The smallest absolute Gasteiger partial charge is 0.247 e. The fourth-order valence-corrected chi connectivity index (χ4v) is 5.05. The maximum absolute atomic E-state index is 12.5. The summed E-state index contributed by atoms with van der Waals surface area (Å²) in [5, 5.41) is 5.47. The molecule has 2 aliphatic heterocycles. The van der Waals surface area contributed by atoms with E-state index in [1.165, 1.54) is 0 Å². The molecule has 7 nitrogen and oxygen atoms in total. The van der Waals surface area contributed by atoms with Crippen LogP contribution in [0.2, 0.25) is 5.15 Å². The Morgan fingerprint density at radius 3 is 2.42 bits per heavy atom. The van der Waals surface area contributed by atoms with Crippen molar-refractivity contribution in [2.45, 2.75) is 19.4 Å². The average molecular weight is 458 g/mol. The first-order valence-corrected chi connectivity index (χ1v) is 12.1. The van der Waals surface area contributed by atoms with Crippen molar-refractivity contribution in [1.29, 1.82) is 0 Å². The Hall–Kier alpha value is -2.84. The normalized spacial score (nSPS) is 18.4. The van der Waals surface area contributed by atoms with Gasteiger partial charge in [-0.05, 0) is 24.6 Å². The third kappa shape index (κ3) is 3.70. The van der Waals surface area contributed by atoms with Gasteiger partial charge in [-0.2, -0.15) is 9.52 Å². The highest BCUT2D eigenvalue weighted by molar-refractivity contribution is 7.88. The summed E-state index contributed by atoms with van der Waals surface area (Å²) in [5.41, 5.74) is 3.94. The molecule has 0 unspecified atom stereocenters. The Kier molecular flexibility index (Phi) is 4.79. The van der Waals surface area contributed by atoms with E-state index in [-0.39, 0.29) is 5.15 Å². The first-order valence-electron chi connectivity index (χ1n) is 9.83. The highest BCUT2D eigenvalue weighted by Crippen LogP contribution is 2.40. The second-order valence-electron chi connectivity index (χ2n) is 7.73. The van der Waals surface area contributed by atoms with Gasteiger partial charge in [0.1, 0.15) is 18.4 Å². The number of sulfonamides is 1. The van der Waals surface area contributed by atoms with Crippen LogP contribution < -0.4 is 9.47 Å². The van der Waals surface area contributed by atoms with Crippen LogP contribution in [0.5, 0.6) is 11.5 Å². The van der Waals surface area contributed by atoms with E-state index in [1.807, 2.05) is 43.3 Å². The van der Waals surface area contributed by atoms with E-state index >= 15 is 0 Å². The predicted octanol–water partition coefficient (Wildman–Crippen LogP) is 4.08. The third-order valence-corrected chi connectivity index (χ3v) is 6.73. The summed E-state index contributed by atoms with van der Waals surface area (Å²) < 4.78 is 37.5. The van der Waals surface area contributed by atoms with Crippen molar-refractivity contribution >= 4 is 38.2 Å². The molecule has 0 bridgehead atoms. The molecular weight excluding hydrogens is 438 g/mol. The molecule has 1 atom stereocenters. The molecule has 3 aromatic rings. The quantitative estimate of drug-likeness (QED) is 0.553. The monoisotopic (exact) mass is 457 g/mol. The van der Waals surface area contributed by atoms with Crippen LogP contribution in [-0.4, -0.2) is 43.0 Å². The summed E-state index contributed by atoms with van der Waals surface area (Å²) in [6.45, 7) is 2.96. The minimum Gasteiger partial charge on any atom is -0.486 e. The number of nitrogens with zero attached hydrogens (tertiary/aromatic N) is 3. The molecule has 9 heteroatoms. The van der Waals surface area contributed by atoms with Gasteiger partial charge < -0.3 is 9.47 Å². The van der Waals surface area contributed by atoms with E-state index in [2.05, 4.69) is 10.1 Å². The molecule has 0 spiro atoms. The molecule has 5 rings (SSSR count). The Balaban J connectivity index is 1.59. The predicted molar refractivity (Wildman–Crippen MR) is 119 cm³/mol. The van der Waals surface area contributed by atoms with Gasteiger partial charge in [0, 0.05) is 23.4 Å². The zero-order valence-electron chi connectivity index (χ0n) is 17.0. The Bertz CT molecular complexity index is 1320. The molecule has 31 heavy (non-hydrogen) atoms. The van der Waals surface area contributed by atoms with Crippen molar-refractivity contribution in [2.75, 3.05) is 19.5 Å². The molecular formula is C22H20ClN3O4S. The van der Waals surface area contributed by atoms with E-state index in [9.17, 15) is 8.42 Å². The maximum Gasteiger partial charge on any atom is 0.247 e. The summed E-state index contributed by atoms with van der Waals surface area (Å²) in [5.74, 6) is 1.26. The minimum absolute atomic E-state index is 0.239. The number of hydrogen-bond acceptors (Lipinski definition) is 6. The molecule has 3 heterocycles. The molecule has 1 aromatic heterocycles. The Labute approximate surface area is 185 Å². The fourth-order valence-electron chi connectivity index (χ4n) is 3.88. The summed E-state index contributed by atoms with van der Waals surface area (Å²) in [4.78, 5) is 4.51. The Morgan fingerprint density at radius 1 is 1.06 bits per heavy atom. The second-order valence-corrected chi connectivity index (χ2v) is 9.92. The lowest BCUT2D eigenvalue weighted by atomic mass is 9.98. The van der Waals surface area contributed by atoms with Crippen molar-refractivity contribution in [3.05, 3.63) is 64.3 Å². The first kappa shape index (κ1) is 20.1. The summed E-state index contributed by atoms with van der Waals surface area (Å²) >= 11 is 6.54. The minimum atomic E-state index is -3.62. The number of ether oxygens (including phenoxy) is 2. The van der Waals surface area contributed by atoms with Gasteiger partial charge in [0.25, 0.3) is 0 Å². The van der Waals surface area contributed by atoms with Crippen LogP contribution in [0.25, 0.3) is 10.9 Å². The van der Waals surface area contributed by atoms with Crippen LogP contribution in [0.1, 0.15) is 29.2 Å². The average Bonchev–Trinajstić information content (AvgIpc) is 3.18. The number of halogens is 1. The molecule has 160 valence electrons. The number of benzene rings is 2. The van der Waals surface area contributed by atoms with Crippen LogP contribution in [0.3, 0.4) is 0 Å². The molecule has 0 amide bonds. The lowest BCUT2D eigenvalue weighted by molar-refractivity contribution is 0.172. The van der Waals surface area contributed by atoms with E-state index in [1.54, 1.807) is 6.07 Å². The second kappa shape index (κ2) is 7.39. The van der Waals surface area contributed by atoms with Gasteiger partial charge in [0.2, 0.25) is 10.0 Å². The van der Waals surface area contributed by atoms with Gasteiger partial charge >= 0.3 is 0 Å². The number of pyridine rings is 1. The number of fused-ring (bicyclic) bond motifs is 2. The van der Waals surface area contributed by atoms with Gasteiger partial charge in [0.15, 0.2) is 11.5 Å². The standard InChI is InChI=1S/C22H20ClN3O4S/c1-13-3-5-14(6-4-13)18-11-19(26(25-18)31(2,27)28)16-9-15-10-20-21(30-8-7-29-20)12-17(15)24-22(16)23/h3-6,9-10,12,19H,7-8,11H2,1-2H3/t19-/m0/s1. The number of aryl methyl sites for hydroxylation is 1. The number of rotatable bonds is 3. The highest BCUT2D eigenvalue weighted by Gasteiger charge is 2.36. The molecule has 2 aromatic carbocycles. The van der Waals surface area contributed by atoms with Gasteiger partial charge in [-0.15, -0.1) is 0 Å². The fraction of sp³-hybridized carbons (Fsp3) is 0.273. The number of hydrogen-bond donors (Lipinski definition) is 0. The molecule has 0 aliphatic carbocycles. The van der Waals surface area contributed by atoms with Crippen LogP contribution in [0.4, 0.5) is 0 Å². The maximum atomic E-state index is 12.5. The van der Waals surface area contributed by atoms with Crippen molar-refractivity contribution in [3.63, 3.8) is 0 Å². The lowest BCUT2D eigenvalue weighted by Gasteiger charge is -2.23. The summed E-state index contributed by atoms with van der Waals surface area (Å²) in [7, 11) is -3.62. The molecule has 0 saturated heterocycles. The van der Waals surface area contributed by atoms with Crippen LogP contribution in [-0.2, 0) is 10.0 Å². The topological polar surface area (TPSA) is 81.1 Å². The molecule has 2 aliphatic rings. The number of aromatic nitrogens is 1. The van der Waals surface area contributed by atoms with Crippen molar-refractivity contribution in [2.24, 2.45) is 5.10 Å². The molecule has 0 N–H and O–H groups in total. The van der Waals surface area contributed by atoms with Crippen molar-refractivity contribution in [1.82, 2.24) is 9.40 Å². The summed E-state index contributed by atoms with van der Waals surface area (Å²) in [6, 6.07) is 12.8. The molecule has 0 saturated carbocycles. The Morgan fingerprint density at radius 2 is 1.74 bits per heavy atom. The van der Waals surface area contributed by atoms with E-state index < -0.39 is 16.1 Å². The van der Waals surface area contributed by atoms with Crippen LogP contribution in [0, 0.1) is 6.92 Å². The summed E-state index contributed by atoms with van der Waals surface area (Å²) in [6.07, 6.45) is 1.54.